The number of nitrogens with one attached hydrogen (secondary N) is 2. The predicted octanol–water partition coefficient (Wildman–Crippen LogP) is 3.76. The number of anilines is 1. The lowest BCUT2D eigenvalue weighted by atomic mass is 10.1. The Hall–Kier alpha value is -2.54. The van der Waals surface area contributed by atoms with Crippen LogP contribution in [0.4, 0.5) is 5.82 Å². The highest BCUT2D eigenvalue weighted by molar-refractivity contribution is 8.18. The summed E-state index contributed by atoms with van der Waals surface area (Å²) >= 11 is 1.15. The second kappa shape index (κ2) is 7.60. The maximum Gasteiger partial charge on any atom is 0.264 e. The molecule has 1 aromatic carbocycles. The molecule has 140 valence electrons. The van der Waals surface area contributed by atoms with Gasteiger partial charge in [0.15, 0.2) is 5.17 Å². The predicted molar refractivity (Wildman–Crippen MR) is 110 cm³/mol. The number of carbonyl (C=O) groups is 1. The molecule has 0 atom stereocenters. The Kier molecular flexibility index (Phi) is 5.03. The minimum absolute atomic E-state index is 0.165. The van der Waals surface area contributed by atoms with E-state index in [2.05, 4.69) is 16.3 Å². The zero-order valence-electron chi connectivity index (χ0n) is 15.2. The van der Waals surface area contributed by atoms with Gasteiger partial charge in [0.2, 0.25) is 0 Å². The quantitative estimate of drug-likeness (QED) is 0.787. The van der Waals surface area contributed by atoms with Crippen molar-refractivity contribution in [2.24, 2.45) is 0 Å². The minimum Gasteiger partial charge on any atom is -0.494 e. The van der Waals surface area contributed by atoms with Crippen molar-refractivity contribution < 1.29 is 9.53 Å². The lowest BCUT2D eigenvalue weighted by Crippen LogP contribution is -2.30. The number of thioether (sulfide) groups is 1. The third-order valence-corrected chi connectivity index (χ3v) is 5.54. The number of pyridine rings is 1. The highest BCUT2D eigenvalue weighted by Gasteiger charge is 2.24. The van der Waals surface area contributed by atoms with Crippen molar-refractivity contribution in [1.82, 2.24) is 10.3 Å². The fraction of sp³-hybridized carbons (Fsp3) is 0.350. The number of ether oxygens (including phenoxy) is 1. The number of hydrogen-bond acceptors (Lipinski definition) is 6. The lowest BCUT2D eigenvalue weighted by molar-refractivity contribution is -0.115. The molecule has 0 radical (unpaired) electrons. The highest BCUT2D eigenvalue weighted by atomic mass is 32.2. The van der Waals surface area contributed by atoms with Crippen LogP contribution >= 0.6 is 11.8 Å². The van der Waals surface area contributed by atoms with Crippen LogP contribution in [0.1, 0.15) is 31.7 Å². The number of piperidine rings is 1. The molecule has 2 saturated heterocycles. The molecule has 4 rings (SSSR count). The second-order valence-corrected chi connectivity index (χ2v) is 7.68. The SMILES string of the molecule is CCOc1ccc2nc(N3CCCCC3)c(C=C3SC(=N)NC3=O)cc2c1. The Labute approximate surface area is 162 Å². The van der Waals surface area contributed by atoms with Gasteiger partial charge in [-0.25, -0.2) is 4.98 Å². The van der Waals surface area contributed by atoms with E-state index in [0.717, 1.165) is 65.7 Å². The third-order valence-electron chi connectivity index (χ3n) is 4.71. The molecule has 2 aromatic rings. The maximum absolute atomic E-state index is 12.1. The van der Waals surface area contributed by atoms with Gasteiger partial charge in [-0.05, 0) is 68.3 Å². The average molecular weight is 382 g/mol. The summed E-state index contributed by atoms with van der Waals surface area (Å²) in [5.41, 5.74) is 1.82. The van der Waals surface area contributed by atoms with Crippen molar-refractivity contribution >= 4 is 45.6 Å². The maximum atomic E-state index is 12.1. The van der Waals surface area contributed by atoms with Gasteiger partial charge in [-0.15, -0.1) is 0 Å². The van der Waals surface area contributed by atoms with Gasteiger partial charge in [-0.2, -0.15) is 0 Å². The summed E-state index contributed by atoms with van der Waals surface area (Å²) < 4.78 is 5.61. The number of hydrogen-bond donors (Lipinski definition) is 2. The first-order chi connectivity index (χ1) is 13.1. The van der Waals surface area contributed by atoms with Crippen LogP contribution in [0, 0.1) is 5.41 Å². The first kappa shape index (κ1) is 17.9. The van der Waals surface area contributed by atoms with E-state index >= 15 is 0 Å². The largest absolute Gasteiger partial charge is 0.494 e. The van der Waals surface area contributed by atoms with Gasteiger partial charge in [-0.1, -0.05) is 0 Å². The van der Waals surface area contributed by atoms with E-state index in [1.54, 1.807) is 0 Å². The van der Waals surface area contributed by atoms with Gasteiger partial charge in [0, 0.05) is 24.0 Å². The van der Waals surface area contributed by atoms with E-state index in [0.29, 0.717) is 11.5 Å². The van der Waals surface area contributed by atoms with Crippen LogP contribution in [0.15, 0.2) is 29.2 Å². The molecule has 0 unspecified atom stereocenters. The number of carbonyl (C=O) groups excluding carboxylic acids is 1. The number of amides is 1. The Balaban J connectivity index is 1.82. The smallest absolute Gasteiger partial charge is 0.264 e. The number of nitrogens with zero attached hydrogens (tertiary/aromatic N) is 2. The standard InChI is InChI=1S/C20H22N4O2S/c1-2-26-15-6-7-16-13(11-15)10-14(12-17-19(25)23-20(21)27-17)18(22-16)24-8-4-3-5-9-24/h6-7,10-12H,2-5,8-9H2,1H3,(H2,21,23,25). The Morgan fingerprint density at radius 1 is 1.30 bits per heavy atom. The van der Waals surface area contributed by atoms with E-state index in [9.17, 15) is 4.79 Å². The van der Waals surface area contributed by atoms with E-state index < -0.39 is 0 Å². The molecular weight excluding hydrogens is 360 g/mol. The molecule has 2 fully saturated rings. The summed E-state index contributed by atoms with van der Waals surface area (Å²) in [5.74, 6) is 1.49. The molecular formula is C20H22N4O2S. The molecule has 0 aliphatic carbocycles. The number of rotatable bonds is 4. The molecule has 0 spiro atoms. The fourth-order valence-corrected chi connectivity index (χ4v) is 4.16. The van der Waals surface area contributed by atoms with Crippen LogP contribution in [0.25, 0.3) is 17.0 Å². The molecule has 0 bridgehead atoms. The zero-order chi connectivity index (χ0) is 18.8. The van der Waals surface area contributed by atoms with Gasteiger partial charge >= 0.3 is 0 Å². The molecule has 7 heteroatoms. The zero-order valence-corrected chi connectivity index (χ0v) is 16.1. The van der Waals surface area contributed by atoms with Crippen molar-refractivity contribution in [2.45, 2.75) is 26.2 Å². The normalized spacial score (nSPS) is 19.0. The van der Waals surface area contributed by atoms with Crippen LogP contribution in [0.2, 0.25) is 0 Å². The van der Waals surface area contributed by atoms with E-state index in [4.69, 9.17) is 15.1 Å². The summed E-state index contributed by atoms with van der Waals surface area (Å²) in [6, 6.07) is 7.98. The van der Waals surface area contributed by atoms with Gasteiger partial charge in [0.05, 0.1) is 17.0 Å². The summed E-state index contributed by atoms with van der Waals surface area (Å²) in [4.78, 5) is 19.8. The summed E-state index contributed by atoms with van der Waals surface area (Å²) in [5, 5.41) is 11.4. The van der Waals surface area contributed by atoms with Crippen molar-refractivity contribution in [3.63, 3.8) is 0 Å². The van der Waals surface area contributed by atoms with Crippen LogP contribution in [0.5, 0.6) is 5.75 Å². The van der Waals surface area contributed by atoms with E-state index in [-0.39, 0.29) is 11.1 Å². The summed E-state index contributed by atoms with van der Waals surface area (Å²) in [7, 11) is 0. The van der Waals surface area contributed by atoms with E-state index in [1.165, 1.54) is 6.42 Å². The number of fused-ring (bicyclic) bond motifs is 1. The molecule has 2 aliphatic heterocycles. The highest BCUT2D eigenvalue weighted by Crippen LogP contribution is 2.32. The number of amidine groups is 1. The van der Waals surface area contributed by atoms with Crippen LogP contribution in [-0.4, -0.2) is 35.8 Å². The van der Waals surface area contributed by atoms with Gasteiger partial charge in [-0.3, -0.25) is 10.2 Å². The van der Waals surface area contributed by atoms with Crippen molar-refractivity contribution in [2.75, 3.05) is 24.6 Å². The Morgan fingerprint density at radius 2 is 2.11 bits per heavy atom. The van der Waals surface area contributed by atoms with Crippen LogP contribution < -0.4 is 15.0 Å². The van der Waals surface area contributed by atoms with Crippen molar-refractivity contribution in [3.05, 3.63) is 34.7 Å². The van der Waals surface area contributed by atoms with Crippen molar-refractivity contribution in [3.8, 4) is 5.75 Å². The molecule has 1 aromatic heterocycles. The van der Waals surface area contributed by atoms with Crippen LogP contribution in [-0.2, 0) is 4.79 Å². The van der Waals surface area contributed by atoms with Crippen molar-refractivity contribution in [1.29, 1.82) is 5.41 Å². The van der Waals surface area contributed by atoms with E-state index in [1.807, 2.05) is 31.2 Å². The second-order valence-electron chi connectivity index (χ2n) is 6.63. The first-order valence-electron chi connectivity index (χ1n) is 9.26. The fourth-order valence-electron chi connectivity index (χ4n) is 3.47. The number of benzene rings is 1. The number of aromatic nitrogens is 1. The van der Waals surface area contributed by atoms with Gasteiger partial charge < -0.3 is 15.0 Å². The van der Waals surface area contributed by atoms with Gasteiger partial charge in [0.1, 0.15) is 11.6 Å². The molecule has 2 aliphatic rings. The molecule has 27 heavy (non-hydrogen) atoms. The topological polar surface area (TPSA) is 78.3 Å². The molecule has 0 saturated carbocycles. The third kappa shape index (κ3) is 3.78. The Morgan fingerprint density at radius 3 is 2.81 bits per heavy atom. The summed E-state index contributed by atoms with van der Waals surface area (Å²) in [6.07, 6.45) is 5.40. The Bertz CT molecular complexity index is 935. The first-order valence-corrected chi connectivity index (χ1v) is 10.1. The monoisotopic (exact) mass is 382 g/mol. The molecule has 3 heterocycles. The summed E-state index contributed by atoms with van der Waals surface area (Å²) in [6.45, 7) is 4.52. The van der Waals surface area contributed by atoms with Crippen LogP contribution in [0.3, 0.4) is 0 Å². The lowest BCUT2D eigenvalue weighted by Gasteiger charge is -2.29. The minimum atomic E-state index is -0.224. The molecule has 2 N–H and O–H groups in total. The molecule has 6 nitrogen and oxygen atoms in total. The molecule has 1 amide bonds. The van der Waals surface area contributed by atoms with Gasteiger partial charge in [0.25, 0.3) is 5.91 Å². The average Bonchev–Trinajstić information content (AvgIpc) is 2.99.